The second-order valence-electron chi connectivity index (χ2n) is 6.49. The van der Waals surface area contributed by atoms with E-state index in [4.69, 9.17) is 21.1 Å². The van der Waals surface area contributed by atoms with Gasteiger partial charge in [-0.05, 0) is 40.6 Å². The van der Waals surface area contributed by atoms with Crippen LogP contribution in [0.15, 0.2) is 41.6 Å². The maximum atomic E-state index is 6.47. The summed E-state index contributed by atoms with van der Waals surface area (Å²) < 4.78 is 13.1. The minimum absolute atomic E-state index is 0.433. The molecule has 7 nitrogen and oxygen atoms in total. The Bertz CT molecular complexity index is 933. The van der Waals surface area contributed by atoms with Crippen molar-refractivity contribution < 1.29 is 9.47 Å². The first-order chi connectivity index (χ1) is 14.1. The van der Waals surface area contributed by atoms with Gasteiger partial charge in [-0.1, -0.05) is 53.2 Å². The van der Waals surface area contributed by atoms with Crippen molar-refractivity contribution in [3.05, 3.63) is 58.1 Å². The Balaban J connectivity index is 1.53. The molecule has 3 rings (SSSR count). The van der Waals surface area contributed by atoms with E-state index < -0.39 is 0 Å². The van der Waals surface area contributed by atoms with E-state index in [0.29, 0.717) is 29.7 Å². The summed E-state index contributed by atoms with van der Waals surface area (Å²) in [6, 6.07) is 12.1. The molecule has 1 heterocycles. The average Bonchev–Trinajstić information content (AvgIpc) is 3.12. The molecule has 0 aliphatic carbocycles. The molecule has 154 valence electrons. The summed E-state index contributed by atoms with van der Waals surface area (Å²) in [5, 5.41) is 16.1. The second-order valence-corrected chi connectivity index (χ2v) is 7.96. The quantitative estimate of drug-likeness (QED) is 0.386. The lowest BCUT2D eigenvalue weighted by molar-refractivity contribution is 0.284. The van der Waals surface area contributed by atoms with Crippen molar-refractivity contribution in [3.8, 4) is 11.5 Å². The number of halogens is 1. The standard InChI is InChI=1S/C20H24ClN5O2S/c1-14-4-6-15(7-5-14)13-28-19-17(21)10-16(11-18(19)27-3)12-22-8-9-29-20-23-24-25-26(20)2/h4-7,10-11,22H,8-9,12-13H2,1-3H3. The molecule has 2 aromatic carbocycles. The highest BCUT2D eigenvalue weighted by Gasteiger charge is 2.12. The van der Waals surface area contributed by atoms with E-state index in [1.165, 1.54) is 5.56 Å². The number of benzene rings is 2. The third kappa shape index (κ3) is 6.09. The van der Waals surface area contributed by atoms with Gasteiger partial charge < -0.3 is 14.8 Å². The molecule has 0 aliphatic heterocycles. The van der Waals surface area contributed by atoms with Crippen LogP contribution in [0.4, 0.5) is 0 Å². The zero-order chi connectivity index (χ0) is 20.6. The number of hydrogen-bond acceptors (Lipinski definition) is 7. The zero-order valence-electron chi connectivity index (χ0n) is 16.7. The number of ether oxygens (including phenoxy) is 2. The van der Waals surface area contributed by atoms with Crippen LogP contribution in [0.2, 0.25) is 5.02 Å². The van der Waals surface area contributed by atoms with Crippen LogP contribution in [0.25, 0.3) is 0 Å². The van der Waals surface area contributed by atoms with Crippen LogP contribution in [0.1, 0.15) is 16.7 Å². The van der Waals surface area contributed by atoms with Crippen LogP contribution < -0.4 is 14.8 Å². The van der Waals surface area contributed by atoms with Crippen molar-refractivity contribution in [2.75, 3.05) is 19.4 Å². The van der Waals surface area contributed by atoms with Gasteiger partial charge in [0.15, 0.2) is 11.5 Å². The van der Waals surface area contributed by atoms with E-state index in [0.717, 1.165) is 28.6 Å². The maximum absolute atomic E-state index is 6.47. The summed E-state index contributed by atoms with van der Waals surface area (Å²) in [6.07, 6.45) is 0. The number of aryl methyl sites for hydroxylation is 2. The number of methoxy groups -OCH3 is 1. The van der Waals surface area contributed by atoms with Crippen LogP contribution in [-0.2, 0) is 20.2 Å². The van der Waals surface area contributed by atoms with Gasteiger partial charge in [0.1, 0.15) is 6.61 Å². The van der Waals surface area contributed by atoms with E-state index in [1.807, 2.05) is 31.3 Å². The molecule has 1 aromatic heterocycles. The molecule has 0 atom stereocenters. The molecule has 0 saturated carbocycles. The predicted molar refractivity (Wildman–Crippen MR) is 115 cm³/mol. The van der Waals surface area contributed by atoms with Gasteiger partial charge in [-0.15, -0.1) is 5.10 Å². The van der Waals surface area contributed by atoms with E-state index in [-0.39, 0.29) is 0 Å². The molecule has 0 saturated heterocycles. The van der Waals surface area contributed by atoms with Gasteiger partial charge in [0, 0.05) is 25.9 Å². The van der Waals surface area contributed by atoms with E-state index in [9.17, 15) is 0 Å². The normalized spacial score (nSPS) is 10.9. The molecule has 0 bridgehead atoms. The number of tetrazole rings is 1. The molecular formula is C20H24ClN5O2S. The molecule has 0 unspecified atom stereocenters. The van der Waals surface area contributed by atoms with Crippen LogP contribution in [0.5, 0.6) is 11.5 Å². The fourth-order valence-electron chi connectivity index (χ4n) is 2.65. The van der Waals surface area contributed by atoms with Gasteiger partial charge in [-0.25, -0.2) is 4.68 Å². The van der Waals surface area contributed by atoms with Gasteiger partial charge in [0.2, 0.25) is 5.16 Å². The smallest absolute Gasteiger partial charge is 0.209 e. The predicted octanol–water partition coefficient (Wildman–Crippen LogP) is 3.64. The number of thioether (sulfide) groups is 1. The Morgan fingerprint density at radius 1 is 1.17 bits per heavy atom. The zero-order valence-corrected chi connectivity index (χ0v) is 18.3. The summed E-state index contributed by atoms with van der Waals surface area (Å²) in [5.41, 5.74) is 3.32. The van der Waals surface area contributed by atoms with Gasteiger partial charge in [-0.3, -0.25) is 0 Å². The number of rotatable bonds is 10. The monoisotopic (exact) mass is 433 g/mol. The lowest BCUT2D eigenvalue weighted by atomic mass is 10.1. The third-order valence-electron chi connectivity index (χ3n) is 4.21. The fraction of sp³-hybridized carbons (Fsp3) is 0.350. The lowest BCUT2D eigenvalue weighted by Gasteiger charge is -2.15. The largest absolute Gasteiger partial charge is 0.493 e. The number of hydrogen-bond donors (Lipinski definition) is 1. The molecule has 0 fully saturated rings. The summed E-state index contributed by atoms with van der Waals surface area (Å²) in [7, 11) is 3.44. The molecule has 0 spiro atoms. The molecule has 9 heteroatoms. The third-order valence-corrected chi connectivity index (χ3v) is 5.51. The van der Waals surface area contributed by atoms with Crippen molar-refractivity contribution in [1.82, 2.24) is 25.5 Å². The van der Waals surface area contributed by atoms with Crippen LogP contribution >= 0.6 is 23.4 Å². The lowest BCUT2D eigenvalue weighted by Crippen LogP contribution is -2.17. The first kappa shape index (κ1) is 21.4. The van der Waals surface area contributed by atoms with Crippen molar-refractivity contribution in [2.45, 2.75) is 25.2 Å². The summed E-state index contributed by atoms with van der Waals surface area (Å²) in [6.45, 7) is 3.97. The van der Waals surface area contributed by atoms with E-state index >= 15 is 0 Å². The molecule has 29 heavy (non-hydrogen) atoms. The Morgan fingerprint density at radius 2 is 1.97 bits per heavy atom. The first-order valence-corrected chi connectivity index (χ1v) is 10.5. The summed E-state index contributed by atoms with van der Waals surface area (Å²) >= 11 is 8.07. The molecule has 1 N–H and O–H groups in total. The highest BCUT2D eigenvalue weighted by Crippen LogP contribution is 2.37. The number of aromatic nitrogens is 4. The van der Waals surface area contributed by atoms with E-state index in [1.54, 1.807) is 23.6 Å². The Hall–Kier alpha value is -2.29. The fourth-order valence-corrected chi connectivity index (χ4v) is 3.68. The molecule has 0 amide bonds. The highest BCUT2D eigenvalue weighted by atomic mass is 35.5. The van der Waals surface area contributed by atoms with Crippen molar-refractivity contribution in [2.24, 2.45) is 7.05 Å². The Kier molecular flexibility index (Phi) is 7.74. The van der Waals surface area contributed by atoms with Crippen LogP contribution in [0, 0.1) is 6.92 Å². The van der Waals surface area contributed by atoms with Crippen molar-refractivity contribution in [1.29, 1.82) is 0 Å². The highest BCUT2D eigenvalue weighted by molar-refractivity contribution is 7.99. The first-order valence-electron chi connectivity index (χ1n) is 9.17. The Morgan fingerprint density at radius 3 is 2.66 bits per heavy atom. The minimum Gasteiger partial charge on any atom is -0.493 e. The van der Waals surface area contributed by atoms with Crippen LogP contribution in [0.3, 0.4) is 0 Å². The topological polar surface area (TPSA) is 74.1 Å². The van der Waals surface area contributed by atoms with Crippen LogP contribution in [-0.4, -0.2) is 39.6 Å². The number of nitrogens with zero attached hydrogens (tertiary/aromatic N) is 4. The summed E-state index contributed by atoms with van der Waals surface area (Å²) in [5.74, 6) is 2.04. The van der Waals surface area contributed by atoms with Crippen molar-refractivity contribution >= 4 is 23.4 Å². The minimum atomic E-state index is 0.433. The van der Waals surface area contributed by atoms with Gasteiger partial charge in [-0.2, -0.15) is 0 Å². The van der Waals surface area contributed by atoms with Gasteiger partial charge in [0.05, 0.1) is 12.1 Å². The van der Waals surface area contributed by atoms with Gasteiger partial charge in [0.25, 0.3) is 0 Å². The van der Waals surface area contributed by atoms with Gasteiger partial charge >= 0.3 is 0 Å². The summed E-state index contributed by atoms with van der Waals surface area (Å²) in [4.78, 5) is 0. The number of nitrogens with one attached hydrogen (secondary N) is 1. The average molecular weight is 434 g/mol. The molecule has 0 radical (unpaired) electrons. The molecule has 0 aliphatic rings. The SMILES string of the molecule is COc1cc(CNCCSc2nnnn2C)cc(Cl)c1OCc1ccc(C)cc1. The molecular weight excluding hydrogens is 410 g/mol. The second kappa shape index (κ2) is 10.5. The maximum Gasteiger partial charge on any atom is 0.209 e. The van der Waals surface area contributed by atoms with Crippen molar-refractivity contribution in [3.63, 3.8) is 0 Å². The Labute approximate surface area is 179 Å². The van der Waals surface area contributed by atoms with E-state index in [2.05, 4.69) is 39.9 Å². The molecule has 3 aromatic rings.